The Kier molecular flexibility index (Phi) is 4.43. The van der Waals surface area contributed by atoms with E-state index in [-0.39, 0.29) is 17.8 Å². The number of aromatic nitrogens is 1. The minimum absolute atomic E-state index is 0.0212. The number of hydrogen-bond acceptors (Lipinski definition) is 3. The molecule has 1 saturated heterocycles. The Morgan fingerprint density at radius 2 is 2.28 bits per heavy atom. The highest BCUT2D eigenvalue weighted by molar-refractivity contribution is 6.30. The summed E-state index contributed by atoms with van der Waals surface area (Å²) in [5.74, 6) is -0.00955. The molecule has 100 valence electrons. The van der Waals surface area contributed by atoms with Gasteiger partial charge in [0.1, 0.15) is 0 Å². The van der Waals surface area contributed by atoms with E-state index in [0.29, 0.717) is 31.9 Å². The Balaban J connectivity index is 2.17. The van der Waals surface area contributed by atoms with Crippen LogP contribution in [0.3, 0.4) is 0 Å². The highest BCUT2D eigenvalue weighted by Crippen LogP contribution is 2.18. The zero-order chi connectivity index (χ0) is 13.1. The second-order valence-corrected chi connectivity index (χ2v) is 4.79. The monoisotopic (exact) mass is 271 g/mol. The highest BCUT2D eigenvalue weighted by Gasteiger charge is 2.19. The van der Waals surface area contributed by atoms with Gasteiger partial charge in [-0.25, -0.2) is 0 Å². The number of carbonyl (C=O) groups is 1. The lowest BCUT2D eigenvalue weighted by Gasteiger charge is -2.24. The zero-order valence-electron chi connectivity index (χ0n) is 10.7. The summed E-state index contributed by atoms with van der Waals surface area (Å²) in [5.41, 5.74) is 2.71. The number of hydrogen-bond donors (Lipinski definition) is 0. The zero-order valence-corrected chi connectivity index (χ0v) is 11.5. The van der Waals surface area contributed by atoms with E-state index in [4.69, 9.17) is 21.1 Å². The van der Waals surface area contributed by atoms with E-state index in [1.54, 1.807) is 0 Å². The average molecular weight is 272 g/mol. The van der Waals surface area contributed by atoms with E-state index in [0.717, 1.165) is 11.4 Å². The number of halogens is 1. The van der Waals surface area contributed by atoms with Gasteiger partial charge >= 0.3 is 0 Å². The van der Waals surface area contributed by atoms with E-state index in [2.05, 4.69) is 4.57 Å². The summed E-state index contributed by atoms with van der Waals surface area (Å²) in [7, 11) is 0. The third-order valence-electron chi connectivity index (χ3n) is 3.27. The molecule has 1 unspecified atom stereocenters. The summed E-state index contributed by atoms with van der Waals surface area (Å²) in [6.07, 6.45) is 0.0579. The van der Waals surface area contributed by atoms with Crippen LogP contribution in [0.2, 0.25) is 0 Å². The van der Waals surface area contributed by atoms with Crippen LogP contribution in [0.5, 0.6) is 0 Å². The van der Waals surface area contributed by atoms with Crippen LogP contribution in [0, 0.1) is 13.8 Å². The fourth-order valence-corrected chi connectivity index (χ4v) is 2.43. The lowest BCUT2D eigenvalue weighted by Crippen LogP contribution is -2.32. The quantitative estimate of drug-likeness (QED) is 0.621. The standard InChI is InChI=1S/C13H18ClNO3/c1-9-5-12(13(16)6-14)10(2)15(9)7-11-8-17-3-4-18-11/h5,11H,3-4,6-8H2,1-2H3. The molecule has 18 heavy (non-hydrogen) atoms. The number of ether oxygens (including phenoxy) is 2. The molecular weight excluding hydrogens is 254 g/mol. The molecule has 1 aliphatic heterocycles. The first-order valence-electron chi connectivity index (χ1n) is 6.08. The topological polar surface area (TPSA) is 40.5 Å². The van der Waals surface area contributed by atoms with Crippen molar-refractivity contribution in [1.29, 1.82) is 0 Å². The van der Waals surface area contributed by atoms with Crippen LogP contribution in [0.4, 0.5) is 0 Å². The van der Waals surface area contributed by atoms with Gasteiger partial charge in [-0.05, 0) is 19.9 Å². The van der Waals surface area contributed by atoms with Crippen molar-refractivity contribution in [3.05, 3.63) is 23.0 Å². The Labute approximate surface area is 112 Å². The van der Waals surface area contributed by atoms with Crippen molar-refractivity contribution in [2.24, 2.45) is 0 Å². The molecular formula is C13H18ClNO3. The van der Waals surface area contributed by atoms with Gasteiger partial charge in [0.05, 0.1) is 38.3 Å². The highest BCUT2D eigenvalue weighted by atomic mass is 35.5. The van der Waals surface area contributed by atoms with E-state index in [1.165, 1.54) is 0 Å². The van der Waals surface area contributed by atoms with E-state index < -0.39 is 0 Å². The Bertz CT molecular complexity index is 436. The molecule has 0 radical (unpaired) electrons. The van der Waals surface area contributed by atoms with Gasteiger partial charge in [-0.3, -0.25) is 4.79 Å². The van der Waals surface area contributed by atoms with Crippen LogP contribution in [-0.2, 0) is 16.0 Å². The maximum atomic E-state index is 11.7. The number of ketones is 1. The van der Waals surface area contributed by atoms with E-state index in [1.807, 2.05) is 19.9 Å². The van der Waals surface area contributed by atoms with E-state index in [9.17, 15) is 4.79 Å². The molecule has 1 aromatic rings. The van der Waals surface area contributed by atoms with Crippen LogP contribution >= 0.6 is 11.6 Å². The third-order valence-corrected chi connectivity index (χ3v) is 3.51. The molecule has 0 aliphatic carbocycles. The fourth-order valence-electron chi connectivity index (χ4n) is 2.28. The molecule has 0 amide bonds. The van der Waals surface area contributed by atoms with Crippen molar-refractivity contribution in [1.82, 2.24) is 4.57 Å². The third kappa shape index (κ3) is 2.76. The second kappa shape index (κ2) is 5.87. The van der Waals surface area contributed by atoms with Gasteiger partial charge in [0.25, 0.3) is 0 Å². The first-order valence-corrected chi connectivity index (χ1v) is 6.62. The van der Waals surface area contributed by atoms with Gasteiger partial charge in [0.2, 0.25) is 0 Å². The van der Waals surface area contributed by atoms with Gasteiger partial charge in [-0.1, -0.05) is 0 Å². The number of carbonyl (C=O) groups excluding carboxylic acids is 1. The van der Waals surface area contributed by atoms with Gasteiger partial charge in [-0.15, -0.1) is 11.6 Å². The summed E-state index contributed by atoms with van der Waals surface area (Å²) in [6, 6.07) is 1.89. The summed E-state index contributed by atoms with van der Waals surface area (Å²) < 4.78 is 13.1. The number of Topliss-reactive ketones (excluding diaryl/α,β-unsaturated/α-hetero) is 1. The Morgan fingerprint density at radius 3 is 2.89 bits per heavy atom. The molecule has 1 fully saturated rings. The van der Waals surface area contributed by atoms with E-state index >= 15 is 0 Å². The number of nitrogens with zero attached hydrogens (tertiary/aromatic N) is 1. The van der Waals surface area contributed by atoms with Gasteiger partial charge in [0.15, 0.2) is 5.78 Å². The SMILES string of the molecule is Cc1cc(C(=O)CCl)c(C)n1CC1COCCO1. The van der Waals surface area contributed by atoms with Gasteiger partial charge in [0, 0.05) is 17.0 Å². The smallest absolute Gasteiger partial charge is 0.179 e. The van der Waals surface area contributed by atoms with Crippen LogP contribution in [0.15, 0.2) is 6.07 Å². The Morgan fingerprint density at radius 1 is 1.50 bits per heavy atom. The van der Waals surface area contributed by atoms with Crippen LogP contribution in [0.25, 0.3) is 0 Å². The summed E-state index contributed by atoms with van der Waals surface area (Å²) in [6.45, 7) is 6.55. The number of alkyl halides is 1. The molecule has 2 heterocycles. The largest absolute Gasteiger partial charge is 0.376 e. The van der Waals surface area contributed by atoms with Crippen molar-refractivity contribution in [3.8, 4) is 0 Å². The predicted octanol–water partition coefficient (Wildman–Crippen LogP) is 1.94. The van der Waals surface area contributed by atoms with Crippen molar-refractivity contribution >= 4 is 17.4 Å². The van der Waals surface area contributed by atoms with Crippen LogP contribution in [0.1, 0.15) is 21.7 Å². The molecule has 2 rings (SSSR count). The Hall–Kier alpha value is -0.840. The number of rotatable bonds is 4. The normalized spacial score (nSPS) is 20.1. The maximum absolute atomic E-state index is 11.7. The fraction of sp³-hybridized carbons (Fsp3) is 0.615. The molecule has 0 saturated carbocycles. The van der Waals surface area contributed by atoms with Crippen molar-refractivity contribution < 1.29 is 14.3 Å². The molecule has 0 bridgehead atoms. The summed E-state index contributed by atoms with van der Waals surface area (Å²) in [4.78, 5) is 11.7. The van der Waals surface area contributed by atoms with Gasteiger partial charge < -0.3 is 14.0 Å². The molecule has 1 aromatic heterocycles. The molecule has 0 aromatic carbocycles. The molecule has 4 nitrogen and oxygen atoms in total. The van der Waals surface area contributed by atoms with Crippen molar-refractivity contribution in [3.63, 3.8) is 0 Å². The molecule has 5 heteroatoms. The first kappa shape index (κ1) is 13.6. The van der Waals surface area contributed by atoms with Crippen LogP contribution < -0.4 is 0 Å². The second-order valence-electron chi connectivity index (χ2n) is 4.52. The lowest BCUT2D eigenvalue weighted by molar-refractivity contribution is -0.0938. The molecule has 0 N–H and O–H groups in total. The first-order chi connectivity index (χ1) is 8.63. The summed E-state index contributed by atoms with van der Waals surface area (Å²) in [5, 5.41) is 0. The molecule has 0 spiro atoms. The van der Waals surface area contributed by atoms with Crippen LogP contribution in [-0.4, -0.2) is 42.2 Å². The van der Waals surface area contributed by atoms with Gasteiger partial charge in [-0.2, -0.15) is 0 Å². The maximum Gasteiger partial charge on any atom is 0.179 e. The summed E-state index contributed by atoms with van der Waals surface area (Å²) >= 11 is 5.61. The molecule has 1 atom stereocenters. The van der Waals surface area contributed by atoms with Crippen molar-refractivity contribution in [2.75, 3.05) is 25.7 Å². The molecule has 1 aliphatic rings. The minimum atomic E-state index is -0.0307. The minimum Gasteiger partial charge on any atom is -0.376 e. The van der Waals surface area contributed by atoms with Crippen molar-refractivity contribution in [2.45, 2.75) is 26.5 Å². The average Bonchev–Trinajstić information content (AvgIpc) is 2.67. The number of aryl methyl sites for hydroxylation is 1. The predicted molar refractivity (Wildman–Crippen MR) is 69.5 cm³/mol. The lowest BCUT2D eigenvalue weighted by atomic mass is 10.2.